The molecule has 0 fully saturated rings. The molecule has 0 spiro atoms. The van der Waals surface area contributed by atoms with Crippen LogP contribution in [0.25, 0.3) is 22.2 Å². The number of anilines is 1. The molecular weight excluding hydrogens is 476 g/mol. The van der Waals surface area contributed by atoms with Gasteiger partial charge in [-0.05, 0) is 48.5 Å². The summed E-state index contributed by atoms with van der Waals surface area (Å²) in [6, 6.07) is 18.4. The van der Waals surface area contributed by atoms with E-state index in [9.17, 15) is 14.4 Å². The first kappa shape index (κ1) is 25.2. The third-order valence-electron chi connectivity index (χ3n) is 5.73. The number of carbonyl (C=O) groups excluding carboxylic acids is 3. The molecular formula is C28H24N2O7. The standard InChI is InChI=1S/C28H24N2O7/c1-34-24-12-10-16(14-25(24)35-2)22-15-20(18-7-5-6-8-21(18)29-22)26(31)30-23-13-17(27(32)36-3)9-11-19(23)28(33)37-4/h5-15H,1-4H3,(H,30,31). The topological polar surface area (TPSA) is 113 Å². The Morgan fingerprint density at radius 1 is 0.730 bits per heavy atom. The molecule has 9 nitrogen and oxygen atoms in total. The van der Waals surface area contributed by atoms with Crippen molar-refractivity contribution in [2.75, 3.05) is 33.8 Å². The minimum absolute atomic E-state index is 0.0852. The van der Waals surface area contributed by atoms with Gasteiger partial charge >= 0.3 is 11.9 Å². The lowest BCUT2D eigenvalue weighted by molar-refractivity contribution is 0.0587. The Kier molecular flexibility index (Phi) is 7.34. The number of benzene rings is 3. The van der Waals surface area contributed by atoms with E-state index in [0.29, 0.717) is 39.2 Å². The van der Waals surface area contributed by atoms with Gasteiger partial charge in [-0.1, -0.05) is 18.2 Å². The van der Waals surface area contributed by atoms with E-state index in [4.69, 9.17) is 23.9 Å². The van der Waals surface area contributed by atoms with Gasteiger partial charge in [0.25, 0.3) is 5.91 Å². The molecule has 3 aromatic carbocycles. The van der Waals surface area contributed by atoms with E-state index in [1.54, 1.807) is 43.5 Å². The number of esters is 2. The fourth-order valence-electron chi connectivity index (χ4n) is 3.88. The van der Waals surface area contributed by atoms with Gasteiger partial charge in [0.2, 0.25) is 0 Å². The number of methoxy groups -OCH3 is 4. The number of hydrogen-bond donors (Lipinski definition) is 1. The first-order valence-electron chi connectivity index (χ1n) is 11.1. The van der Waals surface area contributed by atoms with Crippen molar-refractivity contribution in [1.82, 2.24) is 4.98 Å². The molecule has 1 heterocycles. The Morgan fingerprint density at radius 2 is 1.46 bits per heavy atom. The molecule has 0 bridgehead atoms. The number of hydrogen-bond acceptors (Lipinski definition) is 8. The van der Waals surface area contributed by atoms with Gasteiger partial charge in [0.05, 0.1) is 62.0 Å². The number of nitrogens with zero attached hydrogens (tertiary/aromatic N) is 1. The molecule has 1 aromatic heterocycles. The molecule has 0 atom stereocenters. The van der Waals surface area contributed by atoms with Crippen molar-refractivity contribution in [3.8, 4) is 22.8 Å². The first-order valence-corrected chi connectivity index (χ1v) is 11.1. The summed E-state index contributed by atoms with van der Waals surface area (Å²) in [6.07, 6.45) is 0. The number of amides is 1. The van der Waals surface area contributed by atoms with Gasteiger partial charge < -0.3 is 24.3 Å². The van der Waals surface area contributed by atoms with Crippen molar-refractivity contribution in [2.45, 2.75) is 0 Å². The summed E-state index contributed by atoms with van der Waals surface area (Å²) in [4.78, 5) is 42.7. The van der Waals surface area contributed by atoms with Crippen molar-refractivity contribution < 1.29 is 33.3 Å². The van der Waals surface area contributed by atoms with E-state index in [-0.39, 0.29) is 16.8 Å². The maximum absolute atomic E-state index is 13.6. The molecule has 0 aliphatic rings. The third-order valence-corrected chi connectivity index (χ3v) is 5.73. The smallest absolute Gasteiger partial charge is 0.339 e. The van der Waals surface area contributed by atoms with Crippen LogP contribution < -0.4 is 14.8 Å². The lowest BCUT2D eigenvalue weighted by atomic mass is 10.0. The van der Waals surface area contributed by atoms with Gasteiger partial charge in [0.1, 0.15) is 0 Å². The van der Waals surface area contributed by atoms with Crippen LogP contribution in [-0.4, -0.2) is 51.3 Å². The maximum Gasteiger partial charge on any atom is 0.339 e. The Labute approximate surface area is 212 Å². The highest BCUT2D eigenvalue weighted by molar-refractivity contribution is 6.15. The first-order chi connectivity index (χ1) is 17.9. The van der Waals surface area contributed by atoms with E-state index in [1.165, 1.54) is 39.5 Å². The highest BCUT2D eigenvalue weighted by atomic mass is 16.5. The summed E-state index contributed by atoms with van der Waals surface area (Å²) >= 11 is 0. The molecule has 9 heteroatoms. The number of fused-ring (bicyclic) bond motifs is 1. The van der Waals surface area contributed by atoms with Crippen LogP contribution in [0.5, 0.6) is 11.5 Å². The molecule has 37 heavy (non-hydrogen) atoms. The van der Waals surface area contributed by atoms with Crippen molar-refractivity contribution in [2.24, 2.45) is 0 Å². The van der Waals surface area contributed by atoms with Gasteiger partial charge in [-0.25, -0.2) is 14.6 Å². The Morgan fingerprint density at radius 3 is 2.16 bits per heavy atom. The second-order valence-electron chi connectivity index (χ2n) is 7.84. The Bertz CT molecular complexity index is 1510. The second kappa shape index (κ2) is 10.8. The van der Waals surface area contributed by atoms with Gasteiger partial charge in [-0.3, -0.25) is 4.79 Å². The van der Waals surface area contributed by atoms with Crippen molar-refractivity contribution in [1.29, 1.82) is 0 Å². The normalized spacial score (nSPS) is 10.5. The Hall–Kier alpha value is -4.92. The van der Waals surface area contributed by atoms with Gasteiger partial charge in [-0.15, -0.1) is 0 Å². The van der Waals surface area contributed by atoms with Crippen LogP contribution in [0.2, 0.25) is 0 Å². The highest BCUT2D eigenvalue weighted by Crippen LogP contribution is 2.33. The molecule has 188 valence electrons. The number of nitrogens with one attached hydrogen (secondary N) is 1. The molecule has 4 aromatic rings. The zero-order valence-corrected chi connectivity index (χ0v) is 20.7. The lowest BCUT2D eigenvalue weighted by Crippen LogP contribution is -2.17. The number of pyridine rings is 1. The summed E-state index contributed by atoms with van der Waals surface area (Å²) in [7, 11) is 5.56. The van der Waals surface area contributed by atoms with Gasteiger partial charge in [0.15, 0.2) is 11.5 Å². The lowest BCUT2D eigenvalue weighted by Gasteiger charge is -2.14. The molecule has 0 unspecified atom stereocenters. The fourth-order valence-corrected chi connectivity index (χ4v) is 3.88. The molecule has 0 radical (unpaired) electrons. The predicted octanol–water partition coefficient (Wildman–Crippen LogP) is 4.74. The Balaban J connectivity index is 1.82. The quantitative estimate of drug-likeness (QED) is 0.362. The largest absolute Gasteiger partial charge is 0.493 e. The van der Waals surface area contributed by atoms with Crippen LogP contribution in [0.4, 0.5) is 5.69 Å². The number of rotatable bonds is 7. The number of ether oxygens (including phenoxy) is 4. The van der Waals surface area contributed by atoms with E-state index >= 15 is 0 Å². The van der Waals surface area contributed by atoms with Crippen LogP contribution in [0.3, 0.4) is 0 Å². The average molecular weight is 501 g/mol. The zero-order chi connectivity index (χ0) is 26.5. The van der Waals surface area contributed by atoms with Crippen LogP contribution in [0.1, 0.15) is 31.1 Å². The second-order valence-corrected chi connectivity index (χ2v) is 7.84. The minimum Gasteiger partial charge on any atom is -0.493 e. The van der Waals surface area contributed by atoms with Crippen molar-refractivity contribution in [3.05, 3.63) is 83.4 Å². The number of carbonyl (C=O) groups is 3. The van der Waals surface area contributed by atoms with Crippen LogP contribution >= 0.6 is 0 Å². The van der Waals surface area contributed by atoms with Crippen LogP contribution in [0.15, 0.2) is 66.7 Å². The van der Waals surface area contributed by atoms with Crippen LogP contribution in [0, 0.1) is 0 Å². The summed E-state index contributed by atoms with van der Waals surface area (Å²) in [6.45, 7) is 0. The monoisotopic (exact) mass is 500 g/mol. The number of para-hydroxylation sites is 1. The molecule has 0 saturated carbocycles. The third kappa shape index (κ3) is 5.06. The van der Waals surface area contributed by atoms with Gasteiger partial charge in [-0.2, -0.15) is 0 Å². The van der Waals surface area contributed by atoms with Gasteiger partial charge in [0, 0.05) is 10.9 Å². The molecule has 1 amide bonds. The molecule has 4 rings (SSSR count). The summed E-state index contributed by atoms with van der Waals surface area (Å²) in [5.74, 6) is -0.712. The minimum atomic E-state index is -0.669. The fraction of sp³-hybridized carbons (Fsp3) is 0.143. The average Bonchev–Trinajstić information content (AvgIpc) is 2.95. The maximum atomic E-state index is 13.6. The highest BCUT2D eigenvalue weighted by Gasteiger charge is 2.20. The van der Waals surface area contributed by atoms with E-state index in [2.05, 4.69) is 5.32 Å². The van der Waals surface area contributed by atoms with Crippen molar-refractivity contribution >= 4 is 34.4 Å². The number of aromatic nitrogens is 1. The summed E-state index contributed by atoms with van der Waals surface area (Å²) in [5, 5.41) is 3.36. The molecule has 0 saturated heterocycles. The van der Waals surface area contributed by atoms with E-state index in [1.807, 2.05) is 12.1 Å². The molecule has 0 aliphatic heterocycles. The summed E-state index contributed by atoms with van der Waals surface area (Å²) in [5.41, 5.74) is 2.50. The zero-order valence-electron chi connectivity index (χ0n) is 20.7. The predicted molar refractivity (Wildman–Crippen MR) is 137 cm³/mol. The molecule has 1 N–H and O–H groups in total. The van der Waals surface area contributed by atoms with Crippen LogP contribution in [-0.2, 0) is 9.47 Å². The SMILES string of the molecule is COC(=O)c1ccc(C(=O)OC)c(NC(=O)c2cc(-c3ccc(OC)c(OC)c3)nc3ccccc23)c1. The van der Waals surface area contributed by atoms with E-state index < -0.39 is 17.8 Å². The summed E-state index contributed by atoms with van der Waals surface area (Å²) < 4.78 is 20.3. The molecule has 0 aliphatic carbocycles. The van der Waals surface area contributed by atoms with E-state index in [0.717, 1.165) is 0 Å². The van der Waals surface area contributed by atoms with Crippen molar-refractivity contribution in [3.63, 3.8) is 0 Å².